The zero-order valence-corrected chi connectivity index (χ0v) is 22.7. The Morgan fingerprint density at radius 1 is 1.00 bits per heavy atom. The minimum Gasteiger partial charge on any atom is -0.494 e. The van der Waals surface area contributed by atoms with Crippen molar-refractivity contribution >= 4 is 27.3 Å². The highest BCUT2D eigenvalue weighted by Crippen LogP contribution is 2.32. The van der Waals surface area contributed by atoms with Gasteiger partial charge in [-0.2, -0.15) is 0 Å². The van der Waals surface area contributed by atoms with Gasteiger partial charge in [0, 0.05) is 49.2 Å². The number of carbonyl (C=O) groups is 2. The number of carbonyl (C=O) groups excluding carboxylic acids is 2. The van der Waals surface area contributed by atoms with E-state index in [1.165, 1.54) is 18.0 Å². The third-order valence-corrected chi connectivity index (χ3v) is 9.08. The smallest absolute Gasteiger partial charge is 0.253 e. The van der Waals surface area contributed by atoms with Crippen molar-refractivity contribution in [1.82, 2.24) is 14.9 Å². The van der Waals surface area contributed by atoms with Crippen LogP contribution in [0, 0.1) is 0 Å². The number of rotatable bonds is 10. The van der Waals surface area contributed by atoms with Gasteiger partial charge in [-0.25, -0.2) is 13.4 Å². The molecule has 1 fully saturated rings. The van der Waals surface area contributed by atoms with Gasteiger partial charge in [0.1, 0.15) is 5.75 Å². The number of fused-ring (bicyclic) bond motifs is 1. The lowest BCUT2D eigenvalue weighted by Gasteiger charge is -2.41. The molecule has 2 amide bonds. The lowest BCUT2D eigenvalue weighted by molar-refractivity contribution is -0.119. The molecule has 0 atom stereocenters. The van der Waals surface area contributed by atoms with Crippen LogP contribution in [0.5, 0.6) is 5.75 Å². The number of anilines is 1. The van der Waals surface area contributed by atoms with E-state index in [0.29, 0.717) is 43.9 Å². The minimum atomic E-state index is -3.36. The number of nitrogens with zero attached hydrogens (tertiary/aromatic N) is 3. The van der Waals surface area contributed by atoms with Crippen molar-refractivity contribution in [3.05, 3.63) is 72.1 Å². The lowest BCUT2D eigenvalue weighted by atomic mass is 9.95. The van der Waals surface area contributed by atoms with Crippen molar-refractivity contribution < 1.29 is 22.7 Å². The van der Waals surface area contributed by atoms with Crippen LogP contribution in [-0.2, 0) is 21.1 Å². The Morgan fingerprint density at radius 2 is 1.77 bits per heavy atom. The summed E-state index contributed by atoms with van der Waals surface area (Å²) < 4.78 is 30.0. The molecule has 1 N–H and O–H groups in total. The van der Waals surface area contributed by atoms with Crippen LogP contribution in [-0.4, -0.2) is 66.6 Å². The molecule has 0 saturated carbocycles. The quantitative estimate of drug-likeness (QED) is 0.382. The molecule has 206 valence electrons. The SMILES string of the molecule is O=C(c1ccc(OCCCCCS(=O)(=O)c2ncc[nH]2)cc1)N1CCC(N2C(=O)CCc3ccccc32)CC1. The number of ether oxygens (including phenoxy) is 1. The average molecular weight is 551 g/mol. The van der Waals surface area contributed by atoms with Crippen LogP contribution in [0.15, 0.2) is 66.1 Å². The summed E-state index contributed by atoms with van der Waals surface area (Å²) in [6.45, 7) is 1.70. The van der Waals surface area contributed by atoms with Gasteiger partial charge in [-0.15, -0.1) is 0 Å². The highest BCUT2D eigenvalue weighted by Gasteiger charge is 2.33. The average Bonchev–Trinajstić information content (AvgIpc) is 3.51. The molecular weight excluding hydrogens is 516 g/mol. The van der Waals surface area contributed by atoms with Gasteiger partial charge in [0.25, 0.3) is 5.91 Å². The predicted octanol–water partition coefficient (Wildman–Crippen LogP) is 4.02. The first-order valence-electron chi connectivity index (χ1n) is 13.6. The maximum Gasteiger partial charge on any atom is 0.253 e. The van der Waals surface area contributed by atoms with E-state index in [2.05, 4.69) is 16.0 Å². The molecule has 10 heteroatoms. The molecule has 0 bridgehead atoms. The molecule has 1 aromatic heterocycles. The number of likely N-dealkylation sites (tertiary alicyclic amines) is 1. The number of H-pyrrole nitrogens is 1. The van der Waals surface area contributed by atoms with Crippen molar-refractivity contribution in [2.75, 3.05) is 30.3 Å². The maximum absolute atomic E-state index is 13.1. The minimum absolute atomic E-state index is 0.0110. The van der Waals surface area contributed by atoms with Crippen molar-refractivity contribution in [2.45, 2.75) is 56.1 Å². The summed E-state index contributed by atoms with van der Waals surface area (Å²) in [5.74, 6) is 0.891. The lowest BCUT2D eigenvalue weighted by Crippen LogP contribution is -2.50. The number of piperidine rings is 1. The van der Waals surface area contributed by atoms with Crippen LogP contribution in [0.4, 0.5) is 5.69 Å². The number of aryl methyl sites for hydroxylation is 1. The molecule has 9 nitrogen and oxygen atoms in total. The molecule has 0 unspecified atom stereocenters. The van der Waals surface area contributed by atoms with Gasteiger partial charge < -0.3 is 19.5 Å². The highest BCUT2D eigenvalue weighted by atomic mass is 32.2. The summed E-state index contributed by atoms with van der Waals surface area (Å²) in [7, 11) is -3.36. The second-order valence-corrected chi connectivity index (χ2v) is 12.1. The van der Waals surface area contributed by atoms with Crippen LogP contribution in [0.3, 0.4) is 0 Å². The molecule has 0 aliphatic carbocycles. The van der Waals surface area contributed by atoms with Gasteiger partial charge >= 0.3 is 0 Å². The summed E-state index contributed by atoms with van der Waals surface area (Å²) in [6.07, 6.45) is 7.77. The van der Waals surface area contributed by atoms with Crippen molar-refractivity contribution in [3.8, 4) is 5.75 Å². The van der Waals surface area contributed by atoms with Gasteiger partial charge in [-0.3, -0.25) is 9.59 Å². The first-order valence-corrected chi connectivity index (χ1v) is 15.2. The number of hydrogen-bond acceptors (Lipinski definition) is 6. The van der Waals surface area contributed by atoms with E-state index < -0.39 is 9.84 Å². The summed E-state index contributed by atoms with van der Waals surface area (Å²) in [5.41, 5.74) is 2.85. The fraction of sp³-hybridized carbons (Fsp3) is 0.414. The molecular formula is C29H34N4O5S. The first kappa shape index (κ1) is 26.9. The van der Waals surface area contributed by atoms with Crippen molar-refractivity contribution in [3.63, 3.8) is 0 Å². The largest absolute Gasteiger partial charge is 0.494 e. The Hall–Kier alpha value is -3.66. The number of para-hydroxylation sites is 1. The second-order valence-electron chi connectivity index (χ2n) is 10.1. The van der Waals surface area contributed by atoms with E-state index in [-0.39, 0.29) is 28.8 Å². The molecule has 39 heavy (non-hydrogen) atoms. The molecule has 1 saturated heterocycles. The van der Waals surface area contributed by atoms with Gasteiger partial charge in [-0.05, 0) is 74.4 Å². The van der Waals surface area contributed by atoms with E-state index in [1.54, 1.807) is 24.3 Å². The molecule has 3 heterocycles. The molecule has 0 spiro atoms. The Bertz CT molecular complexity index is 1380. The Kier molecular flexibility index (Phi) is 8.30. The van der Waals surface area contributed by atoms with Crippen LogP contribution in [0.1, 0.15) is 54.4 Å². The maximum atomic E-state index is 13.1. The summed E-state index contributed by atoms with van der Waals surface area (Å²) >= 11 is 0. The Balaban J connectivity index is 1.05. The highest BCUT2D eigenvalue weighted by molar-refractivity contribution is 7.91. The van der Waals surface area contributed by atoms with Crippen LogP contribution in [0.2, 0.25) is 0 Å². The zero-order valence-electron chi connectivity index (χ0n) is 21.9. The van der Waals surface area contributed by atoms with Crippen LogP contribution >= 0.6 is 0 Å². The number of aromatic amines is 1. The monoisotopic (exact) mass is 550 g/mol. The van der Waals surface area contributed by atoms with Gasteiger partial charge in [0.05, 0.1) is 12.4 Å². The second kappa shape index (κ2) is 12.0. The van der Waals surface area contributed by atoms with Gasteiger partial charge in [0.2, 0.25) is 20.9 Å². The molecule has 3 aromatic rings. The molecule has 2 aromatic carbocycles. The summed E-state index contributed by atoms with van der Waals surface area (Å²) in [5, 5.41) is 0.0145. The Labute approximate surface area is 229 Å². The predicted molar refractivity (Wildman–Crippen MR) is 148 cm³/mol. The number of imidazole rings is 1. The number of hydrogen-bond donors (Lipinski definition) is 1. The van der Waals surface area contributed by atoms with Crippen LogP contribution < -0.4 is 9.64 Å². The third-order valence-electron chi connectivity index (χ3n) is 7.44. The summed E-state index contributed by atoms with van der Waals surface area (Å²) in [6, 6.07) is 15.4. The molecule has 5 rings (SSSR count). The third kappa shape index (κ3) is 6.33. The van der Waals surface area contributed by atoms with Crippen molar-refractivity contribution in [1.29, 1.82) is 0 Å². The number of aromatic nitrogens is 2. The molecule has 2 aliphatic rings. The number of unbranched alkanes of at least 4 members (excludes halogenated alkanes) is 2. The van der Waals surface area contributed by atoms with Crippen LogP contribution in [0.25, 0.3) is 0 Å². The van der Waals surface area contributed by atoms with Gasteiger partial charge in [-0.1, -0.05) is 18.2 Å². The summed E-state index contributed by atoms with van der Waals surface area (Å²) in [4.78, 5) is 36.1. The van der Waals surface area contributed by atoms with E-state index in [1.807, 2.05) is 28.0 Å². The molecule has 2 aliphatic heterocycles. The topological polar surface area (TPSA) is 113 Å². The van der Waals surface area contributed by atoms with Gasteiger partial charge in [0.15, 0.2) is 0 Å². The zero-order chi connectivity index (χ0) is 27.2. The number of nitrogens with one attached hydrogen (secondary N) is 1. The van der Waals surface area contributed by atoms with E-state index in [4.69, 9.17) is 4.74 Å². The normalized spacial score (nSPS) is 16.3. The number of sulfone groups is 1. The molecule has 0 radical (unpaired) electrons. The number of amides is 2. The van der Waals surface area contributed by atoms with Crippen molar-refractivity contribution in [2.24, 2.45) is 0 Å². The fourth-order valence-corrected chi connectivity index (χ4v) is 6.58. The fourth-order valence-electron chi connectivity index (χ4n) is 5.34. The first-order chi connectivity index (χ1) is 18.9. The Morgan fingerprint density at radius 3 is 2.51 bits per heavy atom. The van der Waals surface area contributed by atoms with E-state index >= 15 is 0 Å². The van der Waals surface area contributed by atoms with E-state index in [0.717, 1.165) is 37.8 Å². The number of benzene rings is 2. The standard InChI is InChI=1S/C29H34N4O5S/c34-27-13-10-22-6-2-3-7-26(22)33(27)24-14-18-32(19-15-24)28(35)23-8-11-25(12-9-23)38-20-4-1-5-21-39(36,37)29-30-16-17-31-29/h2-3,6-9,11-12,16-17,24H,1,4-5,10,13-15,18-21H2,(H,30,31). The van der Waals surface area contributed by atoms with E-state index in [9.17, 15) is 18.0 Å².